The molecule has 0 aliphatic heterocycles. The van der Waals surface area contributed by atoms with Crippen LogP contribution in [-0.2, 0) is 6.42 Å². The summed E-state index contributed by atoms with van der Waals surface area (Å²) in [5.74, 6) is -0.134. The zero-order chi connectivity index (χ0) is 21.3. The summed E-state index contributed by atoms with van der Waals surface area (Å²) in [4.78, 5) is 21.1. The fourth-order valence-corrected chi connectivity index (χ4v) is 2.84. The highest BCUT2D eigenvalue weighted by atomic mass is 19.1. The zero-order valence-corrected chi connectivity index (χ0v) is 17.2. The molecular formula is C24H25FN2O3. The molecule has 0 bridgehead atoms. The van der Waals surface area contributed by atoms with Gasteiger partial charge < -0.3 is 9.47 Å². The van der Waals surface area contributed by atoms with Crippen molar-refractivity contribution in [3.63, 3.8) is 0 Å². The highest BCUT2D eigenvalue weighted by molar-refractivity contribution is 5.91. The third-order valence-corrected chi connectivity index (χ3v) is 4.49. The first kappa shape index (κ1) is 21.4. The highest BCUT2D eigenvalue weighted by Gasteiger charge is 2.15. The maximum Gasteiger partial charge on any atom is 0.346 e. The number of aryl methyl sites for hydroxylation is 1. The quantitative estimate of drug-likeness (QED) is 0.261. The van der Waals surface area contributed by atoms with E-state index in [1.807, 2.05) is 19.3 Å². The van der Waals surface area contributed by atoms with Crippen molar-refractivity contribution >= 4 is 5.97 Å². The molecule has 156 valence electrons. The maximum absolute atomic E-state index is 14.3. The second kappa shape index (κ2) is 10.5. The van der Waals surface area contributed by atoms with E-state index in [0.717, 1.165) is 36.8 Å². The van der Waals surface area contributed by atoms with Gasteiger partial charge in [-0.1, -0.05) is 26.7 Å². The van der Waals surface area contributed by atoms with Crippen LogP contribution in [0.5, 0.6) is 11.5 Å². The number of nitrogens with zero attached hydrogens (tertiary/aromatic N) is 2. The van der Waals surface area contributed by atoms with Crippen molar-refractivity contribution in [3.8, 4) is 22.9 Å². The Labute approximate surface area is 175 Å². The second-order valence-electron chi connectivity index (χ2n) is 6.92. The van der Waals surface area contributed by atoms with Gasteiger partial charge in [-0.3, -0.25) is 0 Å². The molecule has 0 saturated carbocycles. The Morgan fingerprint density at radius 2 is 1.67 bits per heavy atom. The predicted molar refractivity (Wildman–Crippen MR) is 113 cm³/mol. The van der Waals surface area contributed by atoms with Crippen LogP contribution in [-0.4, -0.2) is 22.5 Å². The lowest BCUT2D eigenvalue weighted by molar-refractivity contribution is 0.0730. The minimum absolute atomic E-state index is 0.142. The fraction of sp³-hybridized carbons (Fsp3) is 0.292. The minimum atomic E-state index is -0.763. The Hall–Kier alpha value is -3.28. The molecule has 0 aliphatic rings. The largest absolute Gasteiger partial charge is 0.493 e. The first-order chi connectivity index (χ1) is 14.6. The van der Waals surface area contributed by atoms with Crippen molar-refractivity contribution in [2.24, 2.45) is 0 Å². The van der Waals surface area contributed by atoms with Crippen molar-refractivity contribution in [2.75, 3.05) is 6.61 Å². The smallest absolute Gasteiger partial charge is 0.346 e. The summed E-state index contributed by atoms with van der Waals surface area (Å²) >= 11 is 0. The molecule has 0 saturated heterocycles. The number of benzene rings is 2. The average Bonchev–Trinajstić information content (AvgIpc) is 2.75. The summed E-state index contributed by atoms with van der Waals surface area (Å²) < 4.78 is 25.0. The molecule has 1 heterocycles. The summed E-state index contributed by atoms with van der Waals surface area (Å²) in [6.07, 6.45) is 7.49. The van der Waals surface area contributed by atoms with E-state index < -0.39 is 11.8 Å². The Kier molecular flexibility index (Phi) is 7.49. The Morgan fingerprint density at radius 1 is 0.967 bits per heavy atom. The highest BCUT2D eigenvalue weighted by Crippen LogP contribution is 2.22. The molecule has 0 unspecified atom stereocenters. The van der Waals surface area contributed by atoms with Gasteiger partial charge in [0.25, 0.3) is 0 Å². The number of hydrogen-bond acceptors (Lipinski definition) is 5. The molecule has 3 rings (SSSR count). The number of carbonyl (C=O) groups is 1. The molecule has 2 aromatic carbocycles. The summed E-state index contributed by atoms with van der Waals surface area (Å²) in [5.41, 5.74) is 1.75. The van der Waals surface area contributed by atoms with Gasteiger partial charge in [0.2, 0.25) is 0 Å². The molecule has 3 aromatic rings. The molecule has 0 atom stereocenters. The van der Waals surface area contributed by atoms with E-state index in [2.05, 4.69) is 16.9 Å². The maximum atomic E-state index is 14.3. The van der Waals surface area contributed by atoms with Gasteiger partial charge in [0, 0.05) is 24.0 Å². The monoisotopic (exact) mass is 408 g/mol. The van der Waals surface area contributed by atoms with Crippen LogP contribution >= 0.6 is 0 Å². The summed E-state index contributed by atoms with van der Waals surface area (Å²) in [5, 5.41) is 0. The van der Waals surface area contributed by atoms with Gasteiger partial charge in [0.05, 0.1) is 12.2 Å². The van der Waals surface area contributed by atoms with E-state index in [9.17, 15) is 9.18 Å². The van der Waals surface area contributed by atoms with Gasteiger partial charge in [0.1, 0.15) is 17.3 Å². The number of carbonyl (C=O) groups excluding carboxylic acids is 1. The van der Waals surface area contributed by atoms with E-state index in [4.69, 9.17) is 9.47 Å². The molecule has 5 nitrogen and oxygen atoms in total. The molecule has 0 spiro atoms. The number of aromatic nitrogens is 2. The van der Waals surface area contributed by atoms with Crippen molar-refractivity contribution in [1.29, 1.82) is 0 Å². The van der Waals surface area contributed by atoms with Crippen LogP contribution in [0, 0.1) is 5.82 Å². The lowest BCUT2D eigenvalue weighted by Crippen LogP contribution is -2.11. The van der Waals surface area contributed by atoms with Crippen LogP contribution in [0.2, 0.25) is 0 Å². The molecule has 6 heteroatoms. The standard InChI is InChI=1S/C24H25FN2O3/c1-3-5-13-29-20-11-12-21(22(25)14-20)24(28)30-19-9-7-18(8-10-19)23-26-15-17(6-4-2)16-27-23/h7-12,14-16H,3-6,13H2,1-2H3. The lowest BCUT2D eigenvalue weighted by atomic mass is 10.1. The van der Waals surface area contributed by atoms with E-state index in [-0.39, 0.29) is 5.56 Å². The van der Waals surface area contributed by atoms with E-state index in [1.54, 1.807) is 30.3 Å². The first-order valence-corrected chi connectivity index (χ1v) is 10.2. The minimum Gasteiger partial charge on any atom is -0.493 e. The summed E-state index contributed by atoms with van der Waals surface area (Å²) in [7, 11) is 0. The Balaban J connectivity index is 1.64. The number of esters is 1. The second-order valence-corrected chi connectivity index (χ2v) is 6.92. The third kappa shape index (κ3) is 5.63. The topological polar surface area (TPSA) is 61.3 Å². The SMILES string of the molecule is CCCCOc1ccc(C(=O)Oc2ccc(-c3ncc(CCC)cn3)cc2)c(F)c1. The van der Waals surface area contributed by atoms with Crippen LogP contribution in [0.4, 0.5) is 4.39 Å². The van der Waals surface area contributed by atoms with E-state index in [1.165, 1.54) is 12.1 Å². The molecule has 0 amide bonds. The Bertz CT molecular complexity index is 973. The van der Waals surface area contributed by atoms with E-state index in [0.29, 0.717) is 23.9 Å². The van der Waals surface area contributed by atoms with Gasteiger partial charge in [0.15, 0.2) is 5.82 Å². The lowest BCUT2D eigenvalue weighted by Gasteiger charge is -2.09. The zero-order valence-electron chi connectivity index (χ0n) is 17.2. The number of ether oxygens (including phenoxy) is 2. The number of hydrogen-bond donors (Lipinski definition) is 0. The number of halogens is 1. The van der Waals surface area contributed by atoms with E-state index >= 15 is 0 Å². The molecule has 0 N–H and O–H groups in total. The van der Waals surface area contributed by atoms with Gasteiger partial charge in [-0.05, 0) is 54.8 Å². The van der Waals surface area contributed by atoms with Crippen molar-refractivity contribution in [1.82, 2.24) is 9.97 Å². The van der Waals surface area contributed by atoms with Gasteiger partial charge in [-0.15, -0.1) is 0 Å². The van der Waals surface area contributed by atoms with Crippen LogP contribution in [0.3, 0.4) is 0 Å². The number of rotatable bonds is 9. The molecule has 0 fully saturated rings. The van der Waals surface area contributed by atoms with Gasteiger partial charge in [-0.2, -0.15) is 0 Å². The average molecular weight is 408 g/mol. The van der Waals surface area contributed by atoms with Crippen LogP contribution in [0.1, 0.15) is 49.0 Å². The first-order valence-electron chi connectivity index (χ1n) is 10.2. The van der Waals surface area contributed by atoms with Gasteiger partial charge in [-0.25, -0.2) is 19.2 Å². The molecule has 30 heavy (non-hydrogen) atoms. The molecular weight excluding hydrogens is 383 g/mol. The van der Waals surface area contributed by atoms with Crippen molar-refractivity contribution in [2.45, 2.75) is 39.5 Å². The van der Waals surface area contributed by atoms with Crippen LogP contribution in [0.15, 0.2) is 54.9 Å². The summed E-state index contributed by atoms with van der Waals surface area (Å²) in [6.45, 7) is 4.67. The summed E-state index contributed by atoms with van der Waals surface area (Å²) in [6, 6.07) is 10.9. The molecule has 0 aliphatic carbocycles. The normalized spacial score (nSPS) is 10.6. The molecule has 0 radical (unpaired) electrons. The number of unbranched alkanes of at least 4 members (excludes halogenated alkanes) is 1. The van der Waals surface area contributed by atoms with Crippen molar-refractivity contribution < 1.29 is 18.7 Å². The van der Waals surface area contributed by atoms with Crippen LogP contribution in [0.25, 0.3) is 11.4 Å². The van der Waals surface area contributed by atoms with Gasteiger partial charge >= 0.3 is 5.97 Å². The Morgan fingerprint density at radius 3 is 2.30 bits per heavy atom. The third-order valence-electron chi connectivity index (χ3n) is 4.49. The predicted octanol–water partition coefficient (Wildman–Crippen LogP) is 5.63. The van der Waals surface area contributed by atoms with Crippen molar-refractivity contribution in [3.05, 3.63) is 71.8 Å². The molecule has 1 aromatic heterocycles. The fourth-order valence-electron chi connectivity index (χ4n) is 2.84. The van der Waals surface area contributed by atoms with Crippen LogP contribution < -0.4 is 9.47 Å².